The number of aromatic nitrogens is 4. The Morgan fingerprint density at radius 2 is 1.76 bits per heavy atom. The van der Waals surface area contributed by atoms with Gasteiger partial charge in [-0.05, 0) is 93.9 Å². The number of rotatable bonds is 6. The fraction of sp³-hybridized carbons (Fsp3) is 0.481. The molecule has 4 fully saturated rings. The van der Waals surface area contributed by atoms with Crippen LogP contribution in [0.3, 0.4) is 0 Å². The van der Waals surface area contributed by atoms with Crippen LogP contribution in [0.5, 0.6) is 0 Å². The number of carbonyl (C=O) groups excluding carboxylic acids is 1. The molecule has 7 heteroatoms. The Morgan fingerprint density at radius 1 is 1.06 bits per heavy atom. The summed E-state index contributed by atoms with van der Waals surface area (Å²) in [5.41, 5.74) is 3.06. The predicted molar refractivity (Wildman–Crippen MR) is 134 cm³/mol. The van der Waals surface area contributed by atoms with Gasteiger partial charge in [-0.25, -0.2) is 0 Å². The standard InChI is InChI=1S/C27H31N5OS/c1-17-6-3-4-8-23(17)32-24(22-7-5-9-28-16-22)30-31-26(32)34-18(2)25(33)29-27-13-19-10-20(14-27)12-21(11-19)15-27/h3-9,16,18-21H,10-15H2,1-2H3,(H,29,33). The molecule has 0 aliphatic heterocycles. The maximum absolute atomic E-state index is 13.4. The molecule has 0 saturated heterocycles. The summed E-state index contributed by atoms with van der Waals surface area (Å²) in [6.07, 6.45) is 11.1. The fourth-order valence-electron chi connectivity index (χ4n) is 6.90. The number of hydrogen-bond donors (Lipinski definition) is 1. The number of para-hydroxylation sites is 1. The van der Waals surface area contributed by atoms with Crippen LogP contribution in [0.4, 0.5) is 0 Å². The van der Waals surface area contributed by atoms with Crippen LogP contribution in [0.25, 0.3) is 17.1 Å². The number of nitrogens with one attached hydrogen (secondary N) is 1. The Morgan fingerprint density at radius 3 is 2.41 bits per heavy atom. The summed E-state index contributed by atoms with van der Waals surface area (Å²) in [6, 6.07) is 12.1. The van der Waals surface area contributed by atoms with Gasteiger partial charge in [0.1, 0.15) is 0 Å². The molecule has 4 aliphatic rings. The van der Waals surface area contributed by atoms with Crippen LogP contribution in [0.15, 0.2) is 53.9 Å². The van der Waals surface area contributed by atoms with Gasteiger partial charge in [-0.1, -0.05) is 30.0 Å². The second-order valence-corrected chi connectivity index (χ2v) is 11.9. The summed E-state index contributed by atoms with van der Waals surface area (Å²) in [5.74, 6) is 3.27. The van der Waals surface area contributed by atoms with E-state index in [0.717, 1.165) is 64.8 Å². The van der Waals surface area contributed by atoms with Crippen LogP contribution in [0.2, 0.25) is 0 Å². The molecular weight excluding hydrogens is 442 g/mol. The fourth-order valence-corrected chi connectivity index (χ4v) is 7.76. The highest BCUT2D eigenvalue weighted by Crippen LogP contribution is 2.55. The van der Waals surface area contributed by atoms with Gasteiger partial charge in [0, 0.05) is 23.5 Å². The average molecular weight is 474 g/mol. The first kappa shape index (κ1) is 21.8. The Labute approximate surface area is 205 Å². The molecule has 34 heavy (non-hydrogen) atoms. The molecule has 2 heterocycles. The van der Waals surface area contributed by atoms with Crippen molar-refractivity contribution in [1.82, 2.24) is 25.1 Å². The van der Waals surface area contributed by atoms with Crippen LogP contribution in [-0.2, 0) is 4.79 Å². The first-order chi connectivity index (χ1) is 16.5. The highest BCUT2D eigenvalue weighted by molar-refractivity contribution is 8.00. The number of carbonyl (C=O) groups is 1. The summed E-state index contributed by atoms with van der Waals surface area (Å²) >= 11 is 1.48. The predicted octanol–water partition coefficient (Wildman–Crippen LogP) is 5.20. The lowest BCUT2D eigenvalue weighted by Crippen LogP contribution is -2.60. The van der Waals surface area contributed by atoms with Crippen molar-refractivity contribution in [2.75, 3.05) is 0 Å². The smallest absolute Gasteiger partial charge is 0.233 e. The van der Waals surface area contributed by atoms with Crippen molar-refractivity contribution in [3.05, 3.63) is 54.4 Å². The van der Waals surface area contributed by atoms with Crippen LogP contribution >= 0.6 is 11.8 Å². The van der Waals surface area contributed by atoms with Gasteiger partial charge in [0.25, 0.3) is 0 Å². The molecule has 4 bridgehead atoms. The molecule has 0 radical (unpaired) electrons. The van der Waals surface area contributed by atoms with Crippen LogP contribution in [-0.4, -0.2) is 36.4 Å². The zero-order valence-corrected chi connectivity index (χ0v) is 20.6. The third-order valence-corrected chi connectivity index (χ3v) is 9.03. The maximum atomic E-state index is 13.4. The number of aryl methyl sites for hydroxylation is 1. The number of pyridine rings is 1. The average Bonchev–Trinajstić information content (AvgIpc) is 3.22. The Kier molecular flexibility index (Phi) is 5.47. The minimum atomic E-state index is -0.262. The third-order valence-electron chi connectivity index (χ3n) is 7.99. The van der Waals surface area contributed by atoms with Crippen molar-refractivity contribution >= 4 is 17.7 Å². The van der Waals surface area contributed by atoms with Gasteiger partial charge >= 0.3 is 0 Å². The monoisotopic (exact) mass is 473 g/mol. The number of nitrogens with zero attached hydrogens (tertiary/aromatic N) is 4. The van der Waals surface area contributed by atoms with E-state index >= 15 is 0 Å². The lowest BCUT2D eigenvalue weighted by Gasteiger charge is -2.57. The lowest BCUT2D eigenvalue weighted by atomic mass is 9.53. The molecule has 7 rings (SSSR count). The second kappa shape index (κ2) is 8.52. The first-order valence-corrected chi connectivity index (χ1v) is 13.3. The van der Waals surface area contributed by atoms with E-state index < -0.39 is 0 Å². The van der Waals surface area contributed by atoms with Crippen molar-refractivity contribution in [1.29, 1.82) is 0 Å². The molecule has 4 aliphatic carbocycles. The second-order valence-electron chi connectivity index (χ2n) is 10.6. The van der Waals surface area contributed by atoms with Crippen molar-refractivity contribution in [2.24, 2.45) is 17.8 Å². The van der Waals surface area contributed by atoms with E-state index in [0.29, 0.717) is 0 Å². The molecule has 1 aromatic carbocycles. The van der Waals surface area contributed by atoms with Gasteiger partial charge in [-0.3, -0.25) is 14.3 Å². The van der Waals surface area contributed by atoms with Crippen LogP contribution < -0.4 is 5.32 Å². The quantitative estimate of drug-likeness (QED) is 0.498. The van der Waals surface area contributed by atoms with Gasteiger partial charge in [0.15, 0.2) is 11.0 Å². The van der Waals surface area contributed by atoms with Gasteiger partial charge in [0.05, 0.1) is 10.9 Å². The lowest BCUT2D eigenvalue weighted by molar-refractivity contribution is -0.126. The van der Waals surface area contributed by atoms with E-state index in [1.54, 1.807) is 12.4 Å². The summed E-state index contributed by atoms with van der Waals surface area (Å²) in [5, 5.41) is 13.0. The molecule has 1 atom stereocenters. The van der Waals surface area contributed by atoms with Gasteiger partial charge in [-0.15, -0.1) is 10.2 Å². The minimum Gasteiger partial charge on any atom is -0.350 e. The molecule has 2 aromatic heterocycles. The van der Waals surface area contributed by atoms with Gasteiger partial charge in [-0.2, -0.15) is 0 Å². The highest BCUT2D eigenvalue weighted by atomic mass is 32.2. The molecule has 1 unspecified atom stereocenters. The number of benzene rings is 1. The van der Waals surface area contributed by atoms with E-state index in [1.165, 1.54) is 31.0 Å². The largest absolute Gasteiger partial charge is 0.350 e. The number of hydrogen-bond acceptors (Lipinski definition) is 5. The molecule has 176 valence electrons. The molecule has 3 aromatic rings. The Balaban J connectivity index is 1.27. The first-order valence-electron chi connectivity index (χ1n) is 12.4. The molecule has 1 N–H and O–H groups in total. The van der Waals surface area contributed by atoms with E-state index in [1.807, 2.05) is 31.2 Å². The van der Waals surface area contributed by atoms with E-state index in [4.69, 9.17) is 0 Å². The maximum Gasteiger partial charge on any atom is 0.233 e. The molecular formula is C27H31N5OS. The van der Waals surface area contributed by atoms with Crippen LogP contribution in [0, 0.1) is 24.7 Å². The van der Waals surface area contributed by atoms with Gasteiger partial charge in [0.2, 0.25) is 5.91 Å². The van der Waals surface area contributed by atoms with E-state index in [2.05, 4.69) is 44.1 Å². The van der Waals surface area contributed by atoms with Crippen molar-refractivity contribution in [3.63, 3.8) is 0 Å². The molecule has 4 saturated carbocycles. The highest BCUT2D eigenvalue weighted by Gasteiger charge is 2.51. The number of amides is 1. The summed E-state index contributed by atoms with van der Waals surface area (Å²) in [4.78, 5) is 17.7. The van der Waals surface area contributed by atoms with E-state index in [9.17, 15) is 4.79 Å². The number of thioether (sulfide) groups is 1. The zero-order chi connectivity index (χ0) is 23.3. The SMILES string of the molecule is Cc1ccccc1-n1c(SC(C)C(=O)NC23CC4CC(CC(C4)C2)C3)nnc1-c1cccnc1. The molecule has 6 nitrogen and oxygen atoms in total. The van der Waals surface area contributed by atoms with Crippen molar-refractivity contribution < 1.29 is 4.79 Å². The van der Waals surface area contributed by atoms with Crippen molar-refractivity contribution in [2.45, 2.75) is 68.3 Å². The minimum absolute atomic E-state index is 0.0191. The van der Waals surface area contributed by atoms with Crippen molar-refractivity contribution in [3.8, 4) is 17.1 Å². The summed E-state index contributed by atoms with van der Waals surface area (Å²) in [6.45, 7) is 4.07. The summed E-state index contributed by atoms with van der Waals surface area (Å²) < 4.78 is 2.06. The van der Waals surface area contributed by atoms with Crippen LogP contribution in [0.1, 0.15) is 51.0 Å². The zero-order valence-electron chi connectivity index (χ0n) is 19.8. The molecule has 0 spiro atoms. The normalized spacial score (nSPS) is 28.1. The van der Waals surface area contributed by atoms with Gasteiger partial charge < -0.3 is 5.32 Å². The Hall–Kier alpha value is -2.67. The Bertz CT molecular complexity index is 1170. The topological polar surface area (TPSA) is 72.7 Å². The molecule has 1 amide bonds. The third kappa shape index (κ3) is 3.94. The summed E-state index contributed by atoms with van der Waals surface area (Å²) in [7, 11) is 0. The van der Waals surface area contributed by atoms with E-state index in [-0.39, 0.29) is 16.7 Å².